The van der Waals surface area contributed by atoms with Crippen molar-refractivity contribution in [2.24, 2.45) is 0 Å². The van der Waals surface area contributed by atoms with Crippen LogP contribution in [0.15, 0.2) is 35.9 Å². The molecule has 0 saturated carbocycles. The molecule has 3 rings (SSSR count). The van der Waals surface area contributed by atoms with Crippen molar-refractivity contribution in [3.8, 4) is 5.69 Å². The molecular weight excluding hydrogens is 318 g/mol. The molecule has 1 aromatic heterocycles. The first-order valence-corrected chi connectivity index (χ1v) is 7.91. The number of aryl methyl sites for hydroxylation is 2. The van der Waals surface area contributed by atoms with E-state index in [0.717, 1.165) is 33.1 Å². The third-order valence-corrected chi connectivity index (χ3v) is 4.43. The smallest absolute Gasteiger partial charge is 0.318 e. The Kier molecular flexibility index (Phi) is 4.04. The Morgan fingerprint density at radius 1 is 1.04 bits per heavy atom. The van der Waals surface area contributed by atoms with Gasteiger partial charge in [-0.3, -0.25) is 19.8 Å². The Morgan fingerprint density at radius 3 is 2.40 bits per heavy atom. The monoisotopic (exact) mass is 337 g/mol. The number of hydrogen-bond acceptors (Lipinski definition) is 3. The van der Waals surface area contributed by atoms with Crippen LogP contribution in [0.2, 0.25) is 0 Å². The second-order valence-corrected chi connectivity index (χ2v) is 6.13. The first kappa shape index (κ1) is 16.7. The van der Waals surface area contributed by atoms with E-state index in [9.17, 15) is 14.4 Å². The fourth-order valence-electron chi connectivity index (χ4n) is 3.02. The maximum Gasteiger partial charge on any atom is 0.331 e. The van der Waals surface area contributed by atoms with Crippen LogP contribution in [0.25, 0.3) is 11.8 Å². The van der Waals surface area contributed by atoms with Gasteiger partial charge in [0.2, 0.25) is 0 Å². The number of hydrogen-bond donors (Lipinski definition) is 1. The number of imide groups is 2. The number of barbiturate groups is 1. The minimum atomic E-state index is -0.711. The van der Waals surface area contributed by atoms with E-state index in [-0.39, 0.29) is 5.57 Å². The molecule has 2 heterocycles. The third-order valence-electron chi connectivity index (χ3n) is 4.43. The lowest BCUT2D eigenvalue weighted by Gasteiger charge is -2.22. The summed E-state index contributed by atoms with van der Waals surface area (Å²) in [6.07, 6.45) is 1.54. The van der Waals surface area contributed by atoms with Crippen LogP contribution in [0.4, 0.5) is 4.79 Å². The van der Waals surface area contributed by atoms with Gasteiger partial charge in [0, 0.05) is 24.1 Å². The SMILES string of the molecule is Cc1ccccc1-n1c(C)cc(/C=C2/C(=O)NC(=O)N(C)C2=O)c1C. The van der Waals surface area contributed by atoms with Crippen LogP contribution in [-0.2, 0) is 9.59 Å². The number of benzene rings is 1. The molecule has 4 amide bonds. The largest absolute Gasteiger partial charge is 0.331 e. The van der Waals surface area contributed by atoms with E-state index in [1.807, 2.05) is 51.1 Å². The molecule has 0 atom stereocenters. The fraction of sp³-hybridized carbons (Fsp3) is 0.211. The van der Waals surface area contributed by atoms with Crippen LogP contribution in [0.5, 0.6) is 0 Å². The van der Waals surface area contributed by atoms with Gasteiger partial charge in [-0.15, -0.1) is 0 Å². The van der Waals surface area contributed by atoms with Crippen LogP contribution in [0.1, 0.15) is 22.5 Å². The van der Waals surface area contributed by atoms with Gasteiger partial charge in [0.25, 0.3) is 11.8 Å². The van der Waals surface area contributed by atoms with Gasteiger partial charge < -0.3 is 4.57 Å². The number of likely N-dealkylation sites (N-methyl/N-ethyl adjacent to an activating group) is 1. The first-order valence-electron chi connectivity index (χ1n) is 7.91. The number of amides is 4. The van der Waals surface area contributed by atoms with Gasteiger partial charge in [-0.25, -0.2) is 4.79 Å². The highest BCUT2D eigenvalue weighted by atomic mass is 16.2. The second-order valence-electron chi connectivity index (χ2n) is 6.13. The van der Waals surface area contributed by atoms with Gasteiger partial charge in [-0.05, 0) is 50.1 Å². The van der Waals surface area contributed by atoms with Crippen LogP contribution >= 0.6 is 0 Å². The third kappa shape index (κ3) is 2.76. The molecule has 6 heteroatoms. The molecule has 0 unspecified atom stereocenters. The van der Waals surface area contributed by atoms with Crippen molar-refractivity contribution in [1.82, 2.24) is 14.8 Å². The summed E-state index contributed by atoms with van der Waals surface area (Å²) < 4.78 is 2.09. The standard InChI is InChI=1S/C19H19N3O3/c1-11-7-5-6-8-16(11)22-12(2)9-14(13(22)3)10-15-17(23)20-19(25)21(4)18(15)24/h5-10H,1-4H3,(H,20,23,25)/b15-10-. The van der Waals surface area contributed by atoms with E-state index < -0.39 is 17.8 Å². The molecule has 1 aromatic carbocycles. The van der Waals surface area contributed by atoms with Crippen molar-refractivity contribution in [3.63, 3.8) is 0 Å². The normalized spacial score (nSPS) is 16.6. The van der Waals surface area contributed by atoms with Crippen LogP contribution in [0, 0.1) is 20.8 Å². The van der Waals surface area contributed by atoms with Crippen molar-refractivity contribution in [1.29, 1.82) is 0 Å². The molecule has 1 aliphatic heterocycles. The minimum Gasteiger partial charge on any atom is -0.318 e. The molecule has 0 bridgehead atoms. The maximum atomic E-state index is 12.2. The number of para-hydroxylation sites is 1. The summed E-state index contributed by atoms with van der Waals surface area (Å²) in [7, 11) is 1.34. The zero-order valence-electron chi connectivity index (χ0n) is 14.6. The zero-order valence-corrected chi connectivity index (χ0v) is 14.6. The molecule has 0 aliphatic carbocycles. The van der Waals surface area contributed by atoms with E-state index in [2.05, 4.69) is 9.88 Å². The maximum absolute atomic E-state index is 12.2. The van der Waals surface area contributed by atoms with Crippen molar-refractivity contribution >= 4 is 23.9 Å². The number of aromatic nitrogens is 1. The van der Waals surface area contributed by atoms with Crippen molar-refractivity contribution in [3.05, 3.63) is 58.4 Å². The molecule has 1 aliphatic rings. The lowest BCUT2D eigenvalue weighted by molar-refractivity contribution is -0.129. The predicted molar refractivity (Wildman–Crippen MR) is 94.3 cm³/mol. The number of carbonyl (C=O) groups is 3. The Bertz CT molecular complexity index is 937. The summed E-state index contributed by atoms with van der Waals surface area (Å²) in [5, 5.41) is 2.16. The van der Waals surface area contributed by atoms with Crippen LogP contribution < -0.4 is 5.32 Å². The van der Waals surface area contributed by atoms with Gasteiger partial charge in [0.05, 0.1) is 0 Å². The Balaban J connectivity index is 2.10. The van der Waals surface area contributed by atoms with Gasteiger partial charge in [-0.2, -0.15) is 0 Å². The molecular formula is C19H19N3O3. The summed E-state index contributed by atoms with van der Waals surface area (Å²) in [4.78, 5) is 36.7. The molecule has 1 N–H and O–H groups in total. The van der Waals surface area contributed by atoms with Gasteiger partial charge in [0.15, 0.2) is 0 Å². The molecule has 2 aromatic rings. The van der Waals surface area contributed by atoms with E-state index in [1.54, 1.807) is 0 Å². The number of nitrogens with one attached hydrogen (secondary N) is 1. The number of rotatable bonds is 2. The molecule has 6 nitrogen and oxygen atoms in total. The Labute approximate surface area is 145 Å². The summed E-state index contributed by atoms with van der Waals surface area (Å²) in [6, 6.07) is 9.22. The van der Waals surface area contributed by atoms with E-state index in [1.165, 1.54) is 13.1 Å². The highest BCUT2D eigenvalue weighted by Crippen LogP contribution is 2.25. The number of nitrogens with zero attached hydrogens (tertiary/aromatic N) is 2. The van der Waals surface area contributed by atoms with Gasteiger partial charge in [0.1, 0.15) is 5.57 Å². The summed E-state index contributed by atoms with van der Waals surface area (Å²) >= 11 is 0. The lowest BCUT2D eigenvalue weighted by atomic mass is 10.1. The van der Waals surface area contributed by atoms with E-state index >= 15 is 0 Å². The Hall–Kier alpha value is -3.15. The van der Waals surface area contributed by atoms with E-state index in [4.69, 9.17) is 0 Å². The molecule has 1 saturated heterocycles. The lowest BCUT2D eigenvalue weighted by Crippen LogP contribution is -2.52. The topological polar surface area (TPSA) is 71.4 Å². The quantitative estimate of drug-likeness (QED) is 0.676. The number of urea groups is 1. The first-order chi connectivity index (χ1) is 11.8. The summed E-state index contributed by atoms with van der Waals surface area (Å²) in [6.45, 7) is 5.94. The average molecular weight is 337 g/mol. The minimum absolute atomic E-state index is 0.0490. The predicted octanol–water partition coefficient (Wildman–Crippen LogP) is 2.49. The van der Waals surface area contributed by atoms with Crippen molar-refractivity contribution < 1.29 is 14.4 Å². The molecule has 1 fully saturated rings. The average Bonchev–Trinajstić information content (AvgIpc) is 2.84. The van der Waals surface area contributed by atoms with Crippen molar-refractivity contribution in [2.45, 2.75) is 20.8 Å². The fourth-order valence-corrected chi connectivity index (χ4v) is 3.02. The highest BCUT2D eigenvalue weighted by molar-refractivity contribution is 6.30. The van der Waals surface area contributed by atoms with E-state index in [0.29, 0.717) is 0 Å². The second kappa shape index (κ2) is 6.05. The van der Waals surface area contributed by atoms with Crippen LogP contribution in [0.3, 0.4) is 0 Å². The van der Waals surface area contributed by atoms with Crippen LogP contribution in [-0.4, -0.2) is 34.4 Å². The van der Waals surface area contributed by atoms with Gasteiger partial charge in [-0.1, -0.05) is 18.2 Å². The molecule has 0 spiro atoms. The zero-order chi connectivity index (χ0) is 18.3. The van der Waals surface area contributed by atoms with Gasteiger partial charge >= 0.3 is 6.03 Å². The summed E-state index contributed by atoms with van der Waals surface area (Å²) in [5.74, 6) is -1.27. The molecule has 0 radical (unpaired) electrons. The number of carbonyl (C=O) groups excluding carboxylic acids is 3. The summed E-state index contributed by atoms with van der Waals surface area (Å²) in [5.41, 5.74) is 4.80. The molecule has 128 valence electrons. The Morgan fingerprint density at radius 2 is 1.72 bits per heavy atom. The van der Waals surface area contributed by atoms with Crippen molar-refractivity contribution in [2.75, 3.05) is 7.05 Å². The molecule has 25 heavy (non-hydrogen) atoms. The highest BCUT2D eigenvalue weighted by Gasteiger charge is 2.33.